The van der Waals surface area contributed by atoms with Crippen LogP contribution in [0.15, 0.2) is 41.3 Å². The third kappa shape index (κ3) is 2.63. The zero-order valence-corrected chi connectivity index (χ0v) is 9.34. The van der Waals surface area contributed by atoms with E-state index < -0.39 is 0 Å². The fraction of sp³-hybridized carbons (Fsp3) is 0.167. The highest BCUT2D eigenvalue weighted by Crippen LogP contribution is 2.16. The Balaban J connectivity index is 2.04. The molecule has 1 aromatic carbocycles. The number of oxazole rings is 1. The Morgan fingerprint density at radius 2 is 2.29 bits per heavy atom. The molecule has 0 aliphatic rings. The highest BCUT2D eigenvalue weighted by molar-refractivity contribution is 5.96. The van der Waals surface area contributed by atoms with Crippen molar-refractivity contribution in [3.8, 4) is 5.75 Å². The van der Waals surface area contributed by atoms with Gasteiger partial charge >= 0.3 is 0 Å². The number of rotatable bonds is 4. The van der Waals surface area contributed by atoms with Crippen molar-refractivity contribution in [2.24, 2.45) is 0 Å². The SMILES string of the molecule is COc1ccccc1C(=O)NCc1cocn1. The first-order valence-corrected chi connectivity index (χ1v) is 5.09. The molecule has 2 rings (SSSR count). The zero-order chi connectivity index (χ0) is 12.1. The minimum Gasteiger partial charge on any atom is -0.496 e. The van der Waals surface area contributed by atoms with Crippen molar-refractivity contribution in [3.05, 3.63) is 48.2 Å². The molecular weight excluding hydrogens is 220 g/mol. The maximum absolute atomic E-state index is 11.9. The summed E-state index contributed by atoms with van der Waals surface area (Å²) in [6.07, 6.45) is 2.81. The number of ether oxygens (including phenoxy) is 1. The fourth-order valence-corrected chi connectivity index (χ4v) is 1.42. The van der Waals surface area contributed by atoms with Gasteiger partial charge in [0.25, 0.3) is 5.91 Å². The molecule has 0 aliphatic carbocycles. The first-order chi connectivity index (χ1) is 8.31. The summed E-state index contributed by atoms with van der Waals surface area (Å²) in [6, 6.07) is 7.04. The number of nitrogens with zero attached hydrogens (tertiary/aromatic N) is 1. The van der Waals surface area contributed by atoms with Gasteiger partial charge in [-0.25, -0.2) is 4.98 Å². The van der Waals surface area contributed by atoms with E-state index in [1.807, 2.05) is 6.07 Å². The summed E-state index contributed by atoms with van der Waals surface area (Å²) in [7, 11) is 1.53. The molecule has 0 unspecified atom stereocenters. The number of methoxy groups -OCH3 is 1. The molecule has 0 saturated carbocycles. The van der Waals surface area contributed by atoms with Crippen LogP contribution in [0.1, 0.15) is 16.1 Å². The number of carbonyl (C=O) groups excluding carboxylic acids is 1. The highest BCUT2D eigenvalue weighted by Gasteiger charge is 2.11. The van der Waals surface area contributed by atoms with E-state index in [4.69, 9.17) is 9.15 Å². The van der Waals surface area contributed by atoms with Gasteiger partial charge in [0.1, 0.15) is 12.0 Å². The first kappa shape index (κ1) is 11.2. The molecule has 1 amide bonds. The van der Waals surface area contributed by atoms with Gasteiger partial charge in [0, 0.05) is 0 Å². The van der Waals surface area contributed by atoms with Crippen molar-refractivity contribution in [2.75, 3.05) is 7.11 Å². The first-order valence-electron chi connectivity index (χ1n) is 5.09. The number of para-hydroxylation sites is 1. The molecule has 1 aromatic heterocycles. The maximum atomic E-state index is 11.9. The van der Waals surface area contributed by atoms with Crippen molar-refractivity contribution < 1.29 is 13.9 Å². The lowest BCUT2D eigenvalue weighted by molar-refractivity contribution is 0.0947. The molecule has 0 saturated heterocycles. The van der Waals surface area contributed by atoms with Gasteiger partial charge < -0.3 is 14.5 Å². The van der Waals surface area contributed by atoms with E-state index in [1.54, 1.807) is 18.2 Å². The van der Waals surface area contributed by atoms with Crippen molar-refractivity contribution in [1.29, 1.82) is 0 Å². The maximum Gasteiger partial charge on any atom is 0.255 e. The average molecular weight is 232 g/mol. The standard InChI is InChI=1S/C12H12N2O3/c1-16-11-5-3-2-4-10(11)12(15)13-6-9-7-17-8-14-9/h2-5,7-8H,6H2,1H3,(H,13,15). The van der Waals surface area contributed by atoms with Gasteiger partial charge in [0.15, 0.2) is 6.39 Å². The third-order valence-electron chi connectivity index (χ3n) is 2.27. The second-order valence-corrected chi connectivity index (χ2v) is 3.36. The zero-order valence-electron chi connectivity index (χ0n) is 9.34. The normalized spacial score (nSPS) is 9.94. The number of carbonyl (C=O) groups is 1. The van der Waals surface area contributed by atoms with Crippen molar-refractivity contribution in [1.82, 2.24) is 10.3 Å². The van der Waals surface area contributed by atoms with Crippen LogP contribution >= 0.6 is 0 Å². The van der Waals surface area contributed by atoms with E-state index in [2.05, 4.69) is 10.3 Å². The smallest absolute Gasteiger partial charge is 0.255 e. The number of nitrogens with one attached hydrogen (secondary N) is 1. The summed E-state index contributed by atoms with van der Waals surface area (Å²) in [4.78, 5) is 15.8. The van der Waals surface area contributed by atoms with Crippen LogP contribution in [0.5, 0.6) is 5.75 Å². The third-order valence-corrected chi connectivity index (χ3v) is 2.27. The Bertz CT molecular complexity index is 494. The van der Waals surface area contributed by atoms with Crippen LogP contribution in [-0.4, -0.2) is 18.0 Å². The van der Waals surface area contributed by atoms with Crippen molar-refractivity contribution >= 4 is 5.91 Å². The summed E-state index contributed by atoms with van der Waals surface area (Å²) in [5.41, 5.74) is 1.17. The van der Waals surface area contributed by atoms with E-state index in [9.17, 15) is 4.79 Å². The quantitative estimate of drug-likeness (QED) is 0.869. The van der Waals surface area contributed by atoms with Gasteiger partial charge in [-0.1, -0.05) is 12.1 Å². The minimum absolute atomic E-state index is 0.203. The van der Waals surface area contributed by atoms with Crippen LogP contribution in [-0.2, 0) is 6.54 Å². The summed E-state index contributed by atoms with van der Waals surface area (Å²) in [5, 5.41) is 2.73. The second-order valence-electron chi connectivity index (χ2n) is 3.36. The lowest BCUT2D eigenvalue weighted by Gasteiger charge is -2.07. The number of aromatic nitrogens is 1. The van der Waals surface area contributed by atoms with Crippen LogP contribution < -0.4 is 10.1 Å². The van der Waals surface area contributed by atoms with Gasteiger partial charge in [0.05, 0.1) is 24.9 Å². The van der Waals surface area contributed by atoms with Crippen molar-refractivity contribution in [2.45, 2.75) is 6.54 Å². The van der Waals surface area contributed by atoms with E-state index in [0.29, 0.717) is 23.6 Å². The molecule has 1 heterocycles. The minimum atomic E-state index is -0.203. The molecule has 0 spiro atoms. The average Bonchev–Trinajstić information content (AvgIpc) is 2.89. The van der Waals surface area contributed by atoms with Gasteiger partial charge in [-0.15, -0.1) is 0 Å². The number of hydrogen-bond acceptors (Lipinski definition) is 4. The molecule has 1 N–H and O–H groups in total. The van der Waals surface area contributed by atoms with Crippen LogP contribution in [0, 0.1) is 0 Å². The van der Waals surface area contributed by atoms with E-state index in [-0.39, 0.29) is 5.91 Å². The monoisotopic (exact) mass is 232 g/mol. The summed E-state index contributed by atoms with van der Waals surface area (Å²) in [5.74, 6) is 0.343. The molecule has 0 atom stereocenters. The largest absolute Gasteiger partial charge is 0.496 e. The molecule has 0 bridgehead atoms. The van der Waals surface area contributed by atoms with Crippen LogP contribution in [0.25, 0.3) is 0 Å². The Hall–Kier alpha value is -2.30. The molecule has 17 heavy (non-hydrogen) atoms. The lowest BCUT2D eigenvalue weighted by Crippen LogP contribution is -2.23. The molecule has 88 valence electrons. The van der Waals surface area contributed by atoms with E-state index in [1.165, 1.54) is 19.8 Å². The number of amides is 1. The number of hydrogen-bond donors (Lipinski definition) is 1. The van der Waals surface area contributed by atoms with Gasteiger partial charge in [-0.05, 0) is 12.1 Å². The molecule has 5 nitrogen and oxygen atoms in total. The summed E-state index contributed by atoms with van der Waals surface area (Å²) < 4.78 is 9.92. The highest BCUT2D eigenvalue weighted by atomic mass is 16.5. The van der Waals surface area contributed by atoms with Crippen LogP contribution in [0.3, 0.4) is 0 Å². The van der Waals surface area contributed by atoms with E-state index in [0.717, 1.165) is 0 Å². The van der Waals surface area contributed by atoms with Crippen LogP contribution in [0.4, 0.5) is 0 Å². The molecule has 2 aromatic rings. The predicted molar refractivity (Wildman–Crippen MR) is 60.7 cm³/mol. The fourth-order valence-electron chi connectivity index (χ4n) is 1.42. The number of benzene rings is 1. The molecular formula is C12H12N2O3. The Morgan fingerprint density at radius 1 is 1.47 bits per heavy atom. The Labute approximate surface area is 98.4 Å². The van der Waals surface area contributed by atoms with Gasteiger partial charge in [-0.3, -0.25) is 4.79 Å². The van der Waals surface area contributed by atoms with Crippen molar-refractivity contribution in [3.63, 3.8) is 0 Å². The van der Waals surface area contributed by atoms with Gasteiger partial charge in [-0.2, -0.15) is 0 Å². The Kier molecular flexibility index (Phi) is 3.40. The Morgan fingerprint density at radius 3 is 3.00 bits per heavy atom. The second kappa shape index (κ2) is 5.16. The van der Waals surface area contributed by atoms with Crippen LogP contribution in [0.2, 0.25) is 0 Å². The summed E-state index contributed by atoms with van der Waals surface area (Å²) in [6.45, 7) is 0.327. The lowest BCUT2D eigenvalue weighted by atomic mass is 10.2. The van der Waals surface area contributed by atoms with Gasteiger partial charge in [0.2, 0.25) is 0 Å². The topological polar surface area (TPSA) is 64.4 Å². The van der Waals surface area contributed by atoms with E-state index >= 15 is 0 Å². The summed E-state index contributed by atoms with van der Waals surface area (Å²) >= 11 is 0. The molecule has 0 fully saturated rings. The molecule has 5 heteroatoms. The predicted octanol–water partition coefficient (Wildman–Crippen LogP) is 1.61. The molecule has 0 radical (unpaired) electrons. The molecule has 0 aliphatic heterocycles.